The number of epoxide rings is 1. The zero-order valence-corrected chi connectivity index (χ0v) is 48.7. The molecule has 9 N–H and O–H groups in total. The van der Waals surface area contributed by atoms with Gasteiger partial charge in [-0.2, -0.15) is 0 Å². The van der Waals surface area contributed by atoms with Crippen LogP contribution in [0.25, 0.3) is 0 Å². The maximum atomic E-state index is 16.0. The Hall–Kier alpha value is -7.88. The van der Waals surface area contributed by atoms with Crippen LogP contribution in [-0.2, 0) is 63.8 Å². The van der Waals surface area contributed by atoms with Crippen LogP contribution in [-0.4, -0.2) is 145 Å². The molecule has 0 radical (unpaired) electrons. The number of fused-ring (bicyclic) bond motifs is 5. The topological polar surface area (TPSA) is 354 Å². The Morgan fingerprint density at radius 2 is 1.67 bits per heavy atom. The van der Waals surface area contributed by atoms with Crippen LogP contribution in [0, 0.1) is 17.7 Å². The van der Waals surface area contributed by atoms with Crippen molar-refractivity contribution in [2.24, 2.45) is 17.6 Å². The Bertz CT molecular complexity index is 2910. The van der Waals surface area contributed by atoms with E-state index >= 15 is 4.39 Å². The van der Waals surface area contributed by atoms with Gasteiger partial charge in [-0.1, -0.05) is 56.2 Å². The average Bonchev–Trinajstić information content (AvgIpc) is 1.70. The fraction of sp³-hybridized carbons (Fsp3) is 0.536. The molecule has 3 fully saturated rings. The minimum Gasteiger partial charge on any atom is -0.495 e. The summed E-state index contributed by atoms with van der Waals surface area (Å²) < 4.78 is 45.1. The second kappa shape index (κ2) is 28.6. The third-order valence-corrected chi connectivity index (χ3v) is 15.2. The first-order valence-electron chi connectivity index (χ1n) is 27.3. The molecule has 3 saturated heterocycles. The second-order valence-corrected chi connectivity index (χ2v) is 21.9. The predicted octanol–water partition coefficient (Wildman–Crippen LogP) is 4.69. The SMILES string of the molecule is COc1cc2cc(c1Cl)N(C)C(=O)C[C@H](OC(=O)Nc1ccc(NC(=O)[C@H](CCCNC(N)=O)NC(=O)[C@@H](NC(=O)CCCCC(=O)ON3C(=O)CCC3=O)C(C)C)cc1F)[C@]1(C)O[C@H]1[C@H](C)[C@@H]1C[C@@](O)(NC(=O)O1)[C@H](OC)/C=C/C=C(\C)C2. The Kier molecular flexibility index (Phi) is 22.2. The number of anilines is 3. The Morgan fingerprint density at radius 3 is 2.32 bits per heavy atom. The summed E-state index contributed by atoms with van der Waals surface area (Å²) in [4.78, 5) is 135. The molecule has 0 unspecified atom stereocenters. The molecule has 10 amide bonds. The number of amides is 10. The fourth-order valence-electron chi connectivity index (χ4n) is 9.99. The van der Waals surface area contributed by atoms with E-state index in [0.29, 0.717) is 17.0 Å². The smallest absolute Gasteiger partial charge is 0.412 e. The molecule has 458 valence electrons. The molecule has 4 heterocycles. The molecular formula is C56H73ClFN9O17. The van der Waals surface area contributed by atoms with Gasteiger partial charge in [0, 0.05) is 64.4 Å². The lowest BCUT2D eigenvalue weighted by Crippen LogP contribution is -2.63. The molecule has 6 rings (SSSR count). The molecule has 0 spiro atoms. The van der Waals surface area contributed by atoms with Crippen molar-refractivity contribution in [2.45, 2.75) is 153 Å². The van der Waals surface area contributed by atoms with E-state index in [1.165, 1.54) is 32.2 Å². The van der Waals surface area contributed by atoms with E-state index < -0.39 is 137 Å². The van der Waals surface area contributed by atoms with Gasteiger partial charge in [0.25, 0.3) is 11.8 Å². The largest absolute Gasteiger partial charge is 0.495 e. The summed E-state index contributed by atoms with van der Waals surface area (Å²) in [6.07, 6.45) is -1.69. The van der Waals surface area contributed by atoms with Gasteiger partial charge >= 0.3 is 24.2 Å². The standard InChI is InChI=1S/C56H73ClFN9O17/c1-29(2)48(64-42(68)16-9-10-17-46(72)84-67-43(69)20-21-44(67)70)51(74)62-36(14-12-22-60-52(59)75)50(73)61-33-18-19-35(34(58)26-33)63-53(76)82-41-27-45(71)66(6)37-24-32(25-38(79-7)47(37)57)23-30(3)13-11-15-40(80-8)56(78)28-39(81-54(77)65-56)31(4)49-55(41,5)83-49/h11,13,15,18-19,24-26,29,31,36,39-41,48-49,78H,9-10,12,14,16-17,20-23,27-28H2,1-8H3,(H,61,73)(H,62,74)(H,63,76)(H,64,68)(H,65,77)(H3,59,60,75)/b15-11+,30-13+/t31-,36+,39+,40-,41+,48+,49+,55+,56+/m1/s1. The molecule has 2 aromatic carbocycles. The highest BCUT2D eigenvalue weighted by Crippen LogP contribution is 2.49. The van der Waals surface area contributed by atoms with Crippen molar-refractivity contribution in [1.29, 1.82) is 0 Å². The number of urea groups is 1. The number of nitrogens with two attached hydrogens (primary N) is 1. The molecular weight excluding hydrogens is 1130 g/mol. The number of aliphatic hydroxyl groups is 1. The van der Waals surface area contributed by atoms with Crippen molar-refractivity contribution < 1.29 is 86.0 Å². The molecule has 4 aliphatic rings. The van der Waals surface area contributed by atoms with Gasteiger partial charge in [-0.05, 0) is 87.8 Å². The highest BCUT2D eigenvalue weighted by atomic mass is 35.5. The van der Waals surface area contributed by atoms with E-state index in [2.05, 4.69) is 31.9 Å². The number of hydrogen-bond donors (Lipinski definition) is 8. The van der Waals surface area contributed by atoms with Crippen LogP contribution in [0.2, 0.25) is 5.02 Å². The highest BCUT2D eigenvalue weighted by Gasteiger charge is 2.64. The van der Waals surface area contributed by atoms with E-state index in [-0.39, 0.29) is 86.5 Å². The Labute approximate surface area is 489 Å². The minimum absolute atomic E-state index is 0.0136. The number of allylic oxidation sites excluding steroid dienone is 3. The zero-order chi connectivity index (χ0) is 61.8. The summed E-state index contributed by atoms with van der Waals surface area (Å²) in [6.45, 7) is 8.48. The van der Waals surface area contributed by atoms with Crippen molar-refractivity contribution in [3.8, 4) is 5.75 Å². The maximum Gasteiger partial charge on any atom is 0.412 e. The number of benzene rings is 2. The predicted molar refractivity (Wildman–Crippen MR) is 299 cm³/mol. The zero-order valence-electron chi connectivity index (χ0n) is 47.9. The lowest BCUT2D eigenvalue weighted by Gasteiger charge is -2.42. The number of unbranched alkanes of at least 4 members (excludes halogenated alkanes) is 1. The van der Waals surface area contributed by atoms with Crippen LogP contribution < -0.4 is 47.3 Å². The van der Waals surface area contributed by atoms with Gasteiger partial charge in [0.05, 0.1) is 31.0 Å². The maximum absolute atomic E-state index is 16.0. The molecule has 0 saturated carbocycles. The Morgan fingerprint density at radius 1 is 0.964 bits per heavy atom. The molecule has 4 bridgehead atoms. The lowest BCUT2D eigenvalue weighted by molar-refractivity contribution is -0.197. The van der Waals surface area contributed by atoms with Crippen LogP contribution in [0.3, 0.4) is 0 Å². The molecule has 0 aromatic heterocycles. The number of methoxy groups -OCH3 is 2. The summed E-state index contributed by atoms with van der Waals surface area (Å²) >= 11 is 6.80. The number of carbonyl (C=O) groups is 10. The highest BCUT2D eigenvalue weighted by molar-refractivity contribution is 6.35. The number of hydrogen-bond acceptors (Lipinski definition) is 17. The normalized spacial score (nSPS) is 25.1. The van der Waals surface area contributed by atoms with Crippen LogP contribution >= 0.6 is 11.6 Å². The number of nitrogens with one attached hydrogen (secondary N) is 6. The number of halogens is 2. The van der Waals surface area contributed by atoms with E-state index in [4.69, 9.17) is 45.9 Å². The number of rotatable bonds is 20. The van der Waals surface area contributed by atoms with Crippen molar-refractivity contribution in [3.05, 3.63) is 70.5 Å². The van der Waals surface area contributed by atoms with E-state index in [1.807, 2.05) is 6.92 Å². The number of alkyl carbamates (subject to hydrolysis) is 1. The Balaban J connectivity index is 1.15. The molecule has 4 aliphatic heterocycles. The van der Waals surface area contributed by atoms with Crippen LogP contribution in [0.15, 0.2) is 54.1 Å². The fourth-order valence-corrected chi connectivity index (χ4v) is 10.3. The van der Waals surface area contributed by atoms with Gasteiger partial charge < -0.3 is 65.5 Å². The van der Waals surface area contributed by atoms with Crippen molar-refractivity contribution in [1.82, 2.24) is 26.3 Å². The third kappa shape index (κ3) is 16.9. The number of carbonyl (C=O) groups excluding carboxylic acids is 10. The minimum atomic E-state index is -1.94. The summed E-state index contributed by atoms with van der Waals surface area (Å²) in [5.41, 5.74) is 3.13. The lowest BCUT2D eigenvalue weighted by atomic mass is 9.83. The van der Waals surface area contributed by atoms with Crippen LogP contribution in [0.4, 0.5) is 35.8 Å². The molecule has 26 nitrogen and oxygen atoms in total. The molecule has 9 atom stereocenters. The van der Waals surface area contributed by atoms with Gasteiger partial charge in [-0.3, -0.25) is 39.4 Å². The molecule has 84 heavy (non-hydrogen) atoms. The first kappa shape index (κ1) is 65.3. The first-order valence-corrected chi connectivity index (χ1v) is 27.7. The van der Waals surface area contributed by atoms with Crippen molar-refractivity contribution in [3.63, 3.8) is 0 Å². The van der Waals surface area contributed by atoms with Gasteiger partial charge in [0.15, 0.2) is 5.72 Å². The number of primary amides is 1. The summed E-state index contributed by atoms with van der Waals surface area (Å²) in [6, 6.07) is 3.39. The van der Waals surface area contributed by atoms with Gasteiger partial charge in [-0.25, -0.2) is 23.6 Å². The van der Waals surface area contributed by atoms with Crippen molar-refractivity contribution >= 4 is 88.3 Å². The summed E-state index contributed by atoms with van der Waals surface area (Å²) in [7, 11) is 4.28. The summed E-state index contributed by atoms with van der Waals surface area (Å²) in [5.74, 6) is -6.76. The molecule has 0 aliphatic carbocycles. The van der Waals surface area contributed by atoms with Crippen LogP contribution in [0.5, 0.6) is 5.75 Å². The second-order valence-electron chi connectivity index (χ2n) is 21.5. The van der Waals surface area contributed by atoms with Crippen molar-refractivity contribution in [2.75, 3.05) is 43.3 Å². The number of imide groups is 1. The monoisotopic (exact) mass is 1200 g/mol. The number of nitrogens with zero attached hydrogens (tertiary/aromatic N) is 2. The first-order chi connectivity index (χ1) is 39.7. The van der Waals surface area contributed by atoms with Crippen LogP contribution in [0.1, 0.15) is 104 Å². The van der Waals surface area contributed by atoms with Gasteiger partial charge in [0.1, 0.15) is 52.6 Å². The molecule has 2 aromatic rings. The third-order valence-electron chi connectivity index (χ3n) is 14.8. The van der Waals surface area contributed by atoms with E-state index in [9.17, 15) is 53.1 Å². The van der Waals surface area contributed by atoms with E-state index in [1.54, 1.807) is 58.1 Å². The van der Waals surface area contributed by atoms with Gasteiger partial charge in [0.2, 0.25) is 23.6 Å². The number of ether oxygens (including phenoxy) is 5. The average molecular weight is 1200 g/mol. The quantitative estimate of drug-likeness (QED) is 0.0506. The van der Waals surface area contributed by atoms with E-state index in [0.717, 1.165) is 17.7 Å². The number of hydroxylamine groups is 2. The van der Waals surface area contributed by atoms with Gasteiger partial charge in [-0.15, -0.1) is 5.06 Å². The summed E-state index contributed by atoms with van der Waals surface area (Å²) in [5, 5.41) is 27.4. The molecule has 28 heteroatoms.